The first-order valence-corrected chi connectivity index (χ1v) is 12.0. The van der Waals surface area contributed by atoms with Crippen LogP contribution in [0.3, 0.4) is 0 Å². The van der Waals surface area contributed by atoms with E-state index in [0.29, 0.717) is 17.8 Å². The predicted octanol–water partition coefficient (Wildman–Crippen LogP) is 5.23. The summed E-state index contributed by atoms with van der Waals surface area (Å²) in [5, 5.41) is 24.3. The van der Waals surface area contributed by atoms with E-state index in [9.17, 15) is 10.2 Å². The summed E-state index contributed by atoms with van der Waals surface area (Å²) in [5.41, 5.74) is 1.61. The Bertz CT molecular complexity index is 487. The minimum atomic E-state index is -0.372. The van der Waals surface area contributed by atoms with Gasteiger partial charge in [0.15, 0.2) is 0 Å². The molecule has 0 amide bonds. The van der Waals surface area contributed by atoms with Gasteiger partial charge in [-0.1, -0.05) is 70.3 Å². The van der Waals surface area contributed by atoms with Gasteiger partial charge in [-0.3, -0.25) is 0 Å². The van der Waals surface area contributed by atoms with E-state index in [4.69, 9.17) is 0 Å². The molecule has 0 saturated heterocycles. The van der Waals surface area contributed by atoms with Gasteiger partial charge in [-0.25, -0.2) is 0 Å². The Balaban J connectivity index is 1.74. The molecule has 0 aromatic carbocycles. The van der Waals surface area contributed by atoms with Crippen molar-refractivity contribution in [3.05, 3.63) is 23.8 Å². The number of allylic oxidation sites excluding steroid dienone is 2. The molecule has 2 aliphatic rings. The van der Waals surface area contributed by atoms with Crippen LogP contribution in [0.15, 0.2) is 23.8 Å². The lowest BCUT2D eigenvalue weighted by Gasteiger charge is -2.19. The molecular formula is C25H45NO2. The third kappa shape index (κ3) is 7.65. The summed E-state index contributed by atoms with van der Waals surface area (Å²) in [4.78, 5) is 0. The van der Waals surface area contributed by atoms with Gasteiger partial charge in [-0.2, -0.15) is 0 Å². The van der Waals surface area contributed by atoms with Gasteiger partial charge >= 0.3 is 0 Å². The van der Waals surface area contributed by atoms with Crippen molar-refractivity contribution >= 4 is 0 Å². The summed E-state index contributed by atoms with van der Waals surface area (Å²) >= 11 is 0. The third-order valence-electron chi connectivity index (χ3n) is 6.80. The van der Waals surface area contributed by atoms with Crippen molar-refractivity contribution in [1.29, 1.82) is 0 Å². The SMILES string of the molecule is CCCC[C@H](C)C[C@H](O)/C=C/[C@@H]1[C@H]2CC(CCCCCNCC)=C[C@H]2C[C@H]1O. The Morgan fingerprint density at radius 1 is 1.21 bits per heavy atom. The number of nitrogens with one attached hydrogen (secondary N) is 1. The first kappa shape index (κ1) is 23.6. The minimum Gasteiger partial charge on any atom is -0.392 e. The zero-order chi connectivity index (χ0) is 20.4. The zero-order valence-electron chi connectivity index (χ0n) is 18.6. The molecule has 3 nitrogen and oxygen atoms in total. The van der Waals surface area contributed by atoms with Crippen LogP contribution in [0.5, 0.6) is 0 Å². The van der Waals surface area contributed by atoms with Crippen LogP contribution in [0.1, 0.15) is 85.0 Å². The van der Waals surface area contributed by atoms with Crippen molar-refractivity contribution in [1.82, 2.24) is 5.32 Å². The van der Waals surface area contributed by atoms with Gasteiger partial charge in [-0.15, -0.1) is 0 Å². The second-order valence-corrected chi connectivity index (χ2v) is 9.34. The largest absolute Gasteiger partial charge is 0.392 e. The Hall–Kier alpha value is -0.640. The normalized spacial score (nSPS) is 29.2. The van der Waals surface area contributed by atoms with Crippen LogP contribution in [0.4, 0.5) is 0 Å². The quantitative estimate of drug-likeness (QED) is 0.281. The van der Waals surface area contributed by atoms with E-state index in [0.717, 1.165) is 32.4 Å². The topological polar surface area (TPSA) is 52.5 Å². The fraction of sp³-hybridized carbons (Fsp3) is 0.840. The summed E-state index contributed by atoms with van der Waals surface area (Å²) in [5.74, 6) is 1.87. The van der Waals surface area contributed by atoms with Crippen LogP contribution in [-0.2, 0) is 0 Å². The number of unbranched alkanes of at least 4 members (excludes halogenated alkanes) is 3. The number of hydrogen-bond acceptors (Lipinski definition) is 3. The summed E-state index contributed by atoms with van der Waals surface area (Å²) in [7, 11) is 0. The average Bonchev–Trinajstić information content (AvgIpc) is 3.17. The molecule has 1 saturated carbocycles. The maximum Gasteiger partial charge on any atom is 0.0723 e. The molecule has 2 rings (SSSR count). The van der Waals surface area contributed by atoms with Gasteiger partial charge in [0.2, 0.25) is 0 Å². The second kappa shape index (κ2) is 12.8. The molecule has 0 aliphatic heterocycles. The first-order valence-electron chi connectivity index (χ1n) is 12.0. The maximum atomic E-state index is 10.5. The monoisotopic (exact) mass is 391 g/mol. The van der Waals surface area contributed by atoms with E-state index >= 15 is 0 Å². The highest BCUT2D eigenvalue weighted by atomic mass is 16.3. The van der Waals surface area contributed by atoms with Gasteiger partial charge < -0.3 is 15.5 Å². The van der Waals surface area contributed by atoms with Crippen molar-refractivity contribution in [2.45, 2.75) is 97.2 Å². The fourth-order valence-electron chi connectivity index (χ4n) is 5.16. The van der Waals surface area contributed by atoms with E-state index in [-0.39, 0.29) is 18.1 Å². The fourth-order valence-corrected chi connectivity index (χ4v) is 5.16. The molecule has 6 atom stereocenters. The summed E-state index contributed by atoms with van der Waals surface area (Å²) in [6.45, 7) is 8.82. The molecule has 0 heterocycles. The highest BCUT2D eigenvalue weighted by Crippen LogP contribution is 2.48. The van der Waals surface area contributed by atoms with Crippen LogP contribution >= 0.6 is 0 Å². The lowest BCUT2D eigenvalue weighted by molar-refractivity contribution is 0.139. The van der Waals surface area contributed by atoms with Gasteiger partial charge in [0.1, 0.15) is 0 Å². The molecule has 0 aromatic heterocycles. The number of aliphatic hydroxyl groups excluding tert-OH is 2. The average molecular weight is 392 g/mol. The first-order chi connectivity index (χ1) is 13.5. The van der Waals surface area contributed by atoms with Crippen LogP contribution < -0.4 is 5.32 Å². The lowest BCUT2D eigenvalue weighted by atomic mass is 9.88. The smallest absolute Gasteiger partial charge is 0.0723 e. The molecule has 0 unspecified atom stereocenters. The molecule has 1 fully saturated rings. The molecule has 0 radical (unpaired) electrons. The van der Waals surface area contributed by atoms with E-state index < -0.39 is 0 Å². The van der Waals surface area contributed by atoms with E-state index in [1.807, 2.05) is 6.08 Å². The van der Waals surface area contributed by atoms with Gasteiger partial charge in [0, 0.05) is 5.92 Å². The van der Waals surface area contributed by atoms with Crippen molar-refractivity contribution in [3.63, 3.8) is 0 Å². The van der Waals surface area contributed by atoms with Crippen molar-refractivity contribution < 1.29 is 10.2 Å². The lowest BCUT2D eigenvalue weighted by Crippen LogP contribution is -2.18. The number of hydrogen-bond donors (Lipinski definition) is 3. The van der Waals surface area contributed by atoms with Crippen molar-refractivity contribution in [2.24, 2.45) is 23.7 Å². The third-order valence-corrected chi connectivity index (χ3v) is 6.80. The molecular weight excluding hydrogens is 346 g/mol. The van der Waals surface area contributed by atoms with Crippen molar-refractivity contribution in [2.75, 3.05) is 13.1 Å². The molecule has 0 aromatic rings. The molecule has 28 heavy (non-hydrogen) atoms. The van der Waals surface area contributed by atoms with Gasteiger partial charge in [-0.05, 0) is 69.4 Å². The summed E-state index contributed by atoms with van der Waals surface area (Å²) in [6.07, 6.45) is 17.6. The summed E-state index contributed by atoms with van der Waals surface area (Å²) < 4.78 is 0. The van der Waals surface area contributed by atoms with Crippen LogP contribution in [-0.4, -0.2) is 35.5 Å². The Kier molecular flexibility index (Phi) is 10.8. The molecule has 3 N–H and O–H groups in total. The highest BCUT2D eigenvalue weighted by Gasteiger charge is 2.43. The molecule has 3 heteroatoms. The zero-order valence-corrected chi connectivity index (χ0v) is 18.6. The Labute approximate surface area is 173 Å². The van der Waals surface area contributed by atoms with Crippen LogP contribution in [0.25, 0.3) is 0 Å². The number of fused-ring (bicyclic) bond motifs is 1. The van der Waals surface area contributed by atoms with Crippen molar-refractivity contribution in [3.8, 4) is 0 Å². The summed E-state index contributed by atoms with van der Waals surface area (Å²) in [6, 6.07) is 0. The maximum absolute atomic E-state index is 10.5. The van der Waals surface area contributed by atoms with E-state index in [1.54, 1.807) is 5.57 Å². The molecule has 2 aliphatic carbocycles. The molecule has 0 bridgehead atoms. The molecule has 0 spiro atoms. The Morgan fingerprint density at radius 2 is 2.04 bits per heavy atom. The number of aliphatic hydroxyl groups is 2. The van der Waals surface area contributed by atoms with E-state index in [2.05, 4.69) is 38.2 Å². The second-order valence-electron chi connectivity index (χ2n) is 9.34. The van der Waals surface area contributed by atoms with Crippen LogP contribution in [0.2, 0.25) is 0 Å². The van der Waals surface area contributed by atoms with E-state index in [1.165, 1.54) is 44.9 Å². The molecule has 162 valence electrons. The Morgan fingerprint density at radius 3 is 2.79 bits per heavy atom. The van der Waals surface area contributed by atoms with Gasteiger partial charge in [0.25, 0.3) is 0 Å². The van der Waals surface area contributed by atoms with Gasteiger partial charge in [0.05, 0.1) is 12.2 Å². The number of rotatable bonds is 14. The minimum absolute atomic E-state index is 0.216. The van der Waals surface area contributed by atoms with Crippen LogP contribution in [0, 0.1) is 23.7 Å². The highest BCUT2D eigenvalue weighted by molar-refractivity contribution is 5.21. The standard InChI is InChI=1S/C25H45NO2/c1-4-6-10-19(3)15-22(27)12-13-23-24-17-20(16-21(24)18-25(23)28)11-8-7-9-14-26-5-2/h12-13,16,19,21-28H,4-11,14-15,17-18H2,1-3H3/b13-12+/t19-,21-,22+,23+,24-,25+/m0/s1. The predicted molar refractivity (Wildman–Crippen MR) is 119 cm³/mol.